The molecule has 1 amide bonds. The quantitative estimate of drug-likeness (QED) is 0.648. The second-order valence-corrected chi connectivity index (χ2v) is 4.81. The Kier molecular flexibility index (Phi) is 7.74. The summed E-state index contributed by atoms with van der Waals surface area (Å²) in [4.78, 5) is 30.4. The normalized spacial score (nSPS) is 11.4. The molecule has 0 heterocycles. The summed E-state index contributed by atoms with van der Waals surface area (Å²) in [5.41, 5.74) is 0.499. The SMILES string of the molecule is CC(C)C(=O)Nc1cccc(F)c1.O=C(C(=O)C(F)(F)F)C(F)(F)F. The smallest absolute Gasteiger partial charge is 0.326 e. The lowest BCUT2D eigenvalue weighted by molar-refractivity contribution is -0.193. The second kappa shape index (κ2) is 8.58. The first-order chi connectivity index (χ1) is 11.2. The Morgan fingerprint density at radius 3 is 1.68 bits per heavy atom. The van der Waals surface area contributed by atoms with Crippen LogP contribution < -0.4 is 5.32 Å². The molecule has 1 aromatic carbocycles. The summed E-state index contributed by atoms with van der Waals surface area (Å²) in [6.07, 6.45) is -11.5. The molecule has 0 aliphatic rings. The lowest BCUT2D eigenvalue weighted by Crippen LogP contribution is -2.39. The van der Waals surface area contributed by atoms with Crippen LogP contribution in [0.3, 0.4) is 0 Å². The van der Waals surface area contributed by atoms with Gasteiger partial charge in [0.1, 0.15) is 5.82 Å². The van der Waals surface area contributed by atoms with E-state index in [1.807, 2.05) is 0 Å². The maximum atomic E-state index is 12.7. The lowest BCUT2D eigenvalue weighted by atomic mass is 10.2. The van der Waals surface area contributed by atoms with Crippen LogP contribution in [0.5, 0.6) is 0 Å². The van der Waals surface area contributed by atoms with Crippen LogP contribution in [0.25, 0.3) is 0 Å². The predicted molar refractivity (Wildman–Crippen MR) is 72.0 cm³/mol. The van der Waals surface area contributed by atoms with E-state index in [0.29, 0.717) is 5.69 Å². The number of benzene rings is 1. The van der Waals surface area contributed by atoms with Gasteiger partial charge in [0, 0.05) is 11.6 Å². The molecule has 0 saturated heterocycles. The molecule has 1 rings (SSSR count). The summed E-state index contributed by atoms with van der Waals surface area (Å²) in [5, 5.41) is 2.60. The highest BCUT2D eigenvalue weighted by atomic mass is 19.4. The van der Waals surface area contributed by atoms with Gasteiger partial charge < -0.3 is 5.32 Å². The van der Waals surface area contributed by atoms with Crippen molar-refractivity contribution in [1.82, 2.24) is 0 Å². The van der Waals surface area contributed by atoms with Crippen LogP contribution in [0.4, 0.5) is 36.4 Å². The molecule has 1 N–H and O–H groups in total. The fourth-order valence-corrected chi connectivity index (χ4v) is 1.11. The average molecular weight is 375 g/mol. The molecule has 0 aliphatic carbocycles. The fourth-order valence-electron chi connectivity index (χ4n) is 1.11. The van der Waals surface area contributed by atoms with Crippen LogP contribution in [0, 0.1) is 11.7 Å². The highest BCUT2D eigenvalue weighted by Gasteiger charge is 2.54. The van der Waals surface area contributed by atoms with Gasteiger partial charge in [-0.3, -0.25) is 14.4 Å². The van der Waals surface area contributed by atoms with E-state index >= 15 is 0 Å². The monoisotopic (exact) mass is 375 g/mol. The summed E-state index contributed by atoms with van der Waals surface area (Å²) in [6.45, 7) is 3.57. The predicted octanol–water partition coefficient (Wildman–Crippen LogP) is 3.67. The number of anilines is 1. The van der Waals surface area contributed by atoms with Gasteiger partial charge in [-0.15, -0.1) is 0 Å². The summed E-state index contributed by atoms with van der Waals surface area (Å²) in [6, 6.07) is 5.85. The van der Waals surface area contributed by atoms with Crippen LogP contribution in [-0.4, -0.2) is 29.8 Å². The summed E-state index contributed by atoms with van der Waals surface area (Å²) in [5.74, 6) is -7.36. The van der Waals surface area contributed by atoms with Gasteiger partial charge in [-0.05, 0) is 18.2 Å². The minimum atomic E-state index is -5.77. The van der Waals surface area contributed by atoms with Gasteiger partial charge >= 0.3 is 23.9 Å². The number of hydrogen-bond donors (Lipinski definition) is 1. The number of Topliss-reactive ketones (excluding diaryl/α,β-unsaturated/α-hetero) is 2. The van der Waals surface area contributed by atoms with Crippen molar-refractivity contribution in [2.45, 2.75) is 26.2 Å². The molecule has 0 saturated carbocycles. The van der Waals surface area contributed by atoms with E-state index in [1.54, 1.807) is 26.0 Å². The summed E-state index contributed by atoms with van der Waals surface area (Å²) in [7, 11) is 0. The van der Waals surface area contributed by atoms with Gasteiger partial charge in [0.05, 0.1) is 0 Å². The largest absolute Gasteiger partial charge is 0.458 e. The Hall–Kier alpha value is -2.46. The minimum absolute atomic E-state index is 0.0942. The molecular formula is C14H12F7NO3. The first-order valence-electron chi connectivity index (χ1n) is 6.45. The number of nitrogens with one attached hydrogen (secondary N) is 1. The Bertz CT molecular complexity index is 612. The molecule has 1 aromatic rings. The van der Waals surface area contributed by atoms with Crippen molar-refractivity contribution in [3.63, 3.8) is 0 Å². The zero-order chi connectivity index (χ0) is 20.0. The van der Waals surface area contributed by atoms with Crippen molar-refractivity contribution >= 4 is 23.2 Å². The molecule has 0 aliphatic heterocycles. The fraction of sp³-hybridized carbons (Fsp3) is 0.357. The maximum Gasteiger partial charge on any atom is 0.458 e. The molecule has 11 heteroatoms. The number of amides is 1. The minimum Gasteiger partial charge on any atom is -0.326 e. The highest BCUT2D eigenvalue weighted by Crippen LogP contribution is 2.24. The molecule has 25 heavy (non-hydrogen) atoms. The molecule has 0 radical (unpaired) electrons. The van der Waals surface area contributed by atoms with Gasteiger partial charge in [-0.2, -0.15) is 26.3 Å². The van der Waals surface area contributed by atoms with Crippen molar-refractivity contribution < 1.29 is 45.1 Å². The number of carbonyl (C=O) groups is 3. The standard InChI is InChI=1S/C10H12FNO.C4F6O2/c1-7(2)10(13)12-9-5-3-4-8(11)6-9;5-3(6,7)1(11)2(12)4(8,9)10/h3-7H,1-2H3,(H,12,13);. The van der Waals surface area contributed by atoms with Crippen LogP contribution in [-0.2, 0) is 14.4 Å². The van der Waals surface area contributed by atoms with Crippen LogP contribution in [0.1, 0.15) is 13.8 Å². The first kappa shape index (κ1) is 22.5. The zero-order valence-electron chi connectivity index (χ0n) is 12.8. The number of alkyl halides is 6. The number of rotatable bonds is 3. The molecule has 0 atom stereocenters. The number of carbonyl (C=O) groups excluding carboxylic acids is 3. The van der Waals surface area contributed by atoms with Crippen LogP contribution in [0.15, 0.2) is 24.3 Å². The van der Waals surface area contributed by atoms with Gasteiger partial charge in [-0.25, -0.2) is 4.39 Å². The zero-order valence-corrected chi connectivity index (χ0v) is 12.8. The Morgan fingerprint density at radius 2 is 1.36 bits per heavy atom. The molecule has 0 bridgehead atoms. The van der Waals surface area contributed by atoms with Crippen molar-refractivity contribution in [2.24, 2.45) is 5.92 Å². The van der Waals surface area contributed by atoms with E-state index in [2.05, 4.69) is 5.32 Å². The topological polar surface area (TPSA) is 63.2 Å². The van der Waals surface area contributed by atoms with Gasteiger partial charge in [0.25, 0.3) is 0 Å². The van der Waals surface area contributed by atoms with E-state index in [4.69, 9.17) is 0 Å². The van der Waals surface area contributed by atoms with Crippen LogP contribution >= 0.6 is 0 Å². The molecule has 140 valence electrons. The van der Waals surface area contributed by atoms with Gasteiger partial charge in [-0.1, -0.05) is 19.9 Å². The third-order valence-corrected chi connectivity index (χ3v) is 2.34. The molecule has 0 spiro atoms. The number of hydrogen-bond acceptors (Lipinski definition) is 3. The number of ketones is 2. The second-order valence-electron chi connectivity index (χ2n) is 4.81. The maximum absolute atomic E-state index is 12.7. The Labute approximate surface area is 137 Å². The Balaban J connectivity index is 0.000000463. The molecule has 4 nitrogen and oxygen atoms in total. The van der Waals surface area contributed by atoms with Crippen molar-refractivity contribution in [3.8, 4) is 0 Å². The van der Waals surface area contributed by atoms with E-state index < -0.39 is 23.9 Å². The third-order valence-electron chi connectivity index (χ3n) is 2.34. The molecule has 0 fully saturated rings. The van der Waals surface area contributed by atoms with E-state index in [1.165, 1.54) is 12.1 Å². The first-order valence-corrected chi connectivity index (χ1v) is 6.45. The van der Waals surface area contributed by atoms with Gasteiger partial charge in [0.15, 0.2) is 0 Å². The molecule has 0 unspecified atom stereocenters. The van der Waals surface area contributed by atoms with Crippen molar-refractivity contribution in [1.29, 1.82) is 0 Å². The summed E-state index contributed by atoms with van der Waals surface area (Å²) >= 11 is 0. The Morgan fingerprint density at radius 1 is 0.920 bits per heavy atom. The average Bonchev–Trinajstić information content (AvgIpc) is 2.44. The van der Waals surface area contributed by atoms with Crippen molar-refractivity contribution in [2.75, 3.05) is 5.32 Å². The van der Waals surface area contributed by atoms with Crippen LogP contribution in [0.2, 0.25) is 0 Å². The molecular weight excluding hydrogens is 363 g/mol. The van der Waals surface area contributed by atoms with Crippen molar-refractivity contribution in [3.05, 3.63) is 30.1 Å². The van der Waals surface area contributed by atoms with E-state index in [9.17, 15) is 45.1 Å². The van der Waals surface area contributed by atoms with Gasteiger partial charge in [0.2, 0.25) is 5.91 Å². The molecule has 0 aromatic heterocycles. The van der Waals surface area contributed by atoms with E-state index in [0.717, 1.165) is 0 Å². The lowest BCUT2D eigenvalue weighted by Gasteiger charge is -2.06. The highest BCUT2D eigenvalue weighted by molar-refractivity contribution is 6.41. The van der Waals surface area contributed by atoms with E-state index in [-0.39, 0.29) is 17.6 Å². The third kappa shape index (κ3) is 8.27. The summed E-state index contributed by atoms with van der Waals surface area (Å²) < 4.78 is 79.6. The number of halogens is 7.